The fraction of sp³-hybridized carbons (Fsp3) is 0.625. The van der Waals surface area contributed by atoms with Crippen molar-refractivity contribution in [2.24, 2.45) is 0 Å². The maximum Gasteiger partial charge on any atom is 0.433 e. The van der Waals surface area contributed by atoms with Crippen LogP contribution in [-0.2, 0) is 12.7 Å². The lowest BCUT2D eigenvalue weighted by Crippen LogP contribution is -2.17. The van der Waals surface area contributed by atoms with Gasteiger partial charge in [-0.15, -0.1) is 0 Å². The Morgan fingerprint density at radius 1 is 1.50 bits per heavy atom. The Hall–Kier alpha value is -1.04. The standard InChI is InChI=1S/C8H12F3N3/c1-2-3-12-4-6-5-13-14-7(6)8(9,10)11/h5,12H,2-4H2,1H3,(H,13,14). The Labute approximate surface area is 79.7 Å². The molecule has 0 unspecified atom stereocenters. The molecule has 0 saturated carbocycles. The van der Waals surface area contributed by atoms with E-state index in [9.17, 15) is 13.2 Å². The molecule has 1 aromatic rings. The van der Waals surface area contributed by atoms with Crippen molar-refractivity contribution in [1.82, 2.24) is 15.5 Å². The number of hydrogen-bond acceptors (Lipinski definition) is 2. The summed E-state index contributed by atoms with van der Waals surface area (Å²) in [4.78, 5) is 0. The zero-order chi connectivity index (χ0) is 10.6. The molecule has 0 saturated heterocycles. The number of nitrogens with zero attached hydrogens (tertiary/aromatic N) is 1. The molecule has 1 rings (SSSR count). The minimum absolute atomic E-state index is 0.158. The molecule has 0 atom stereocenters. The van der Waals surface area contributed by atoms with E-state index in [-0.39, 0.29) is 12.1 Å². The van der Waals surface area contributed by atoms with Crippen molar-refractivity contribution in [3.8, 4) is 0 Å². The van der Waals surface area contributed by atoms with E-state index in [1.165, 1.54) is 6.20 Å². The minimum atomic E-state index is -4.35. The molecule has 0 fully saturated rings. The van der Waals surface area contributed by atoms with Crippen molar-refractivity contribution in [2.75, 3.05) is 6.54 Å². The van der Waals surface area contributed by atoms with Crippen LogP contribution in [0, 0.1) is 0 Å². The summed E-state index contributed by atoms with van der Waals surface area (Å²) in [5.74, 6) is 0. The third-order valence-electron chi connectivity index (χ3n) is 1.74. The highest BCUT2D eigenvalue weighted by molar-refractivity contribution is 5.18. The van der Waals surface area contributed by atoms with Gasteiger partial charge in [0.2, 0.25) is 0 Å². The maximum absolute atomic E-state index is 12.3. The highest BCUT2D eigenvalue weighted by Gasteiger charge is 2.35. The van der Waals surface area contributed by atoms with E-state index in [1.807, 2.05) is 12.0 Å². The molecule has 0 bridgehead atoms. The first-order valence-electron chi connectivity index (χ1n) is 4.36. The van der Waals surface area contributed by atoms with Gasteiger partial charge in [-0.05, 0) is 13.0 Å². The van der Waals surface area contributed by atoms with Crippen LogP contribution in [0.15, 0.2) is 6.20 Å². The Balaban J connectivity index is 2.63. The molecule has 2 N–H and O–H groups in total. The number of halogens is 3. The first-order valence-corrected chi connectivity index (χ1v) is 4.36. The fourth-order valence-electron chi connectivity index (χ4n) is 1.09. The number of H-pyrrole nitrogens is 1. The largest absolute Gasteiger partial charge is 0.433 e. The van der Waals surface area contributed by atoms with Crippen LogP contribution >= 0.6 is 0 Å². The molecule has 80 valence electrons. The van der Waals surface area contributed by atoms with Gasteiger partial charge in [-0.1, -0.05) is 6.92 Å². The second-order valence-corrected chi connectivity index (χ2v) is 2.94. The van der Waals surface area contributed by atoms with E-state index >= 15 is 0 Å². The number of alkyl halides is 3. The Morgan fingerprint density at radius 2 is 2.21 bits per heavy atom. The highest BCUT2D eigenvalue weighted by atomic mass is 19.4. The number of aromatic amines is 1. The molecule has 0 aromatic carbocycles. The average molecular weight is 207 g/mol. The van der Waals surface area contributed by atoms with E-state index in [2.05, 4.69) is 10.4 Å². The van der Waals surface area contributed by atoms with Crippen LogP contribution in [0.25, 0.3) is 0 Å². The first kappa shape index (κ1) is 11.0. The van der Waals surface area contributed by atoms with Crippen LogP contribution in [-0.4, -0.2) is 16.7 Å². The van der Waals surface area contributed by atoms with Crippen molar-refractivity contribution < 1.29 is 13.2 Å². The third-order valence-corrected chi connectivity index (χ3v) is 1.74. The zero-order valence-electron chi connectivity index (χ0n) is 7.78. The molecule has 0 amide bonds. The lowest BCUT2D eigenvalue weighted by atomic mass is 10.2. The van der Waals surface area contributed by atoms with Crippen LogP contribution in [0.2, 0.25) is 0 Å². The molecule has 6 heteroatoms. The molecule has 1 aromatic heterocycles. The van der Waals surface area contributed by atoms with Crippen LogP contribution in [0.5, 0.6) is 0 Å². The molecule has 3 nitrogen and oxygen atoms in total. The molecule has 0 aliphatic rings. The smallest absolute Gasteiger partial charge is 0.313 e. The second-order valence-electron chi connectivity index (χ2n) is 2.94. The summed E-state index contributed by atoms with van der Waals surface area (Å²) in [6, 6.07) is 0. The number of nitrogens with one attached hydrogen (secondary N) is 2. The summed E-state index contributed by atoms with van der Waals surface area (Å²) in [6.07, 6.45) is -2.26. The molecule has 1 heterocycles. The van der Waals surface area contributed by atoms with Crippen molar-refractivity contribution in [1.29, 1.82) is 0 Å². The molecule has 14 heavy (non-hydrogen) atoms. The zero-order valence-corrected chi connectivity index (χ0v) is 7.78. The number of rotatable bonds is 4. The van der Waals surface area contributed by atoms with Crippen molar-refractivity contribution in [3.63, 3.8) is 0 Å². The summed E-state index contributed by atoms with van der Waals surface area (Å²) < 4.78 is 36.9. The van der Waals surface area contributed by atoms with Gasteiger partial charge < -0.3 is 5.32 Å². The monoisotopic (exact) mass is 207 g/mol. The minimum Gasteiger partial charge on any atom is -0.313 e. The summed E-state index contributed by atoms with van der Waals surface area (Å²) in [5, 5.41) is 8.23. The first-order chi connectivity index (χ1) is 6.55. The van der Waals surface area contributed by atoms with Gasteiger partial charge in [0, 0.05) is 12.1 Å². The SMILES string of the molecule is CCCNCc1cn[nH]c1C(F)(F)F. The van der Waals surface area contributed by atoms with Gasteiger partial charge in [0.1, 0.15) is 5.69 Å². The van der Waals surface area contributed by atoms with E-state index in [0.29, 0.717) is 6.54 Å². The van der Waals surface area contributed by atoms with Gasteiger partial charge in [0.05, 0.1) is 6.20 Å². The molecular weight excluding hydrogens is 195 g/mol. The van der Waals surface area contributed by atoms with Gasteiger partial charge in [-0.2, -0.15) is 18.3 Å². The predicted molar refractivity (Wildman–Crippen MR) is 45.6 cm³/mol. The van der Waals surface area contributed by atoms with Crippen LogP contribution in [0.4, 0.5) is 13.2 Å². The Morgan fingerprint density at radius 3 is 2.79 bits per heavy atom. The Kier molecular flexibility index (Phi) is 3.51. The van der Waals surface area contributed by atoms with Gasteiger partial charge in [0.25, 0.3) is 0 Å². The normalized spacial score (nSPS) is 12.0. The summed E-state index contributed by atoms with van der Waals surface area (Å²) in [7, 11) is 0. The Bertz CT molecular complexity index is 280. The molecule has 0 spiro atoms. The van der Waals surface area contributed by atoms with Gasteiger partial charge in [0.15, 0.2) is 0 Å². The third kappa shape index (κ3) is 2.73. The molecule has 0 aliphatic heterocycles. The molecular formula is C8H12F3N3. The highest BCUT2D eigenvalue weighted by Crippen LogP contribution is 2.29. The molecule has 0 aliphatic carbocycles. The van der Waals surface area contributed by atoms with Crippen LogP contribution < -0.4 is 5.32 Å². The summed E-state index contributed by atoms with van der Waals surface area (Å²) in [6.45, 7) is 2.84. The fourth-order valence-corrected chi connectivity index (χ4v) is 1.09. The van der Waals surface area contributed by atoms with Gasteiger partial charge >= 0.3 is 6.18 Å². The van der Waals surface area contributed by atoms with Crippen LogP contribution in [0.1, 0.15) is 24.6 Å². The lowest BCUT2D eigenvalue weighted by molar-refractivity contribution is -0.141. The van der Waals surface area contributed by atoms with E-state index in [0.717, 1.165) is 6.42 Å². The predicted octanol–water partition coefficient (Wildman–Crippen LogP) is 1.93. The van der Waals surface area contributed by atoms with E-state index < -0.39 is 11.9 Å². The van der Waals surface area contributed by atoms with Crippen molar-refractivity contribution in [3.05, 3.63) is 17.5 Å². The second kappa shape index (κ2) is 4.45. The van der Waals surface area contributed by atoms with Crippen molar-refractivity contribution in [2.45, 2.75) is 26.1 Å². The van der Waals surface area contributed by atoms with Crippen LogP contribution in [0.3, 0.4) is 0 Å². The quantitative estimate of drug-likeness (QED) is 0.740. The van der Waals surface area contributed by atoms with Gasteiger partial charge in [-0.25, -0.2) is 0 Å². The van der Waals surface area contributed by atoms with E-state index in [4.69, 9.17) is 0 Å². The summed E-state index contributed by atoms with van der Waals surface area (Å²) >= 11 is 0. The number of hydrogen-bond donors (Lipinski definition) is 2. The average Bonchev–Trinajstić information content (AvgIpc) is 2.52. The maximum atomic E-state index is 12.3. The van der Waals surface area contributed by atoms with Crippen molar-refractivity contribution >= 4 is 0 Å². The topological polar surface area (TPSA) is 40.7 Å². The summed E-state index contributed by atoms with van der Waals surface area (Å²) in [5.41, 5.74) is -0.605. The number of aromatic nitrogens is 2. The van der Waals surface area contributed by atoms with Gasteiger partial charge in [-0.3, -0.25) is 5.10 Å². The lowest BCUT2D eigenvalue weighted by Gasteiger charge is -2.07. The molecule has 0 radical (unpaired) electrons. The van der Waals surface area contributed by atoms with E-state index in [1.54, 1.807) is 0 Å².